The summed E-state index contributed by atoms with van der Waals surface area (Å²) in [4.78, 5) is 21.6. The number of nitro benzene ring substituents is 1. The van der Waals surface area contributed by atoms with Crippen LogP contribution in [0.2, 0.25) is 0 Å². The molecule has 0 spiro atoms. The predicted molar refractivity (Wildman–Crippen MR) is 97.9 cm³/mol. The van der Waals surface area contributed by atoms with Gasteiger partial charge < -0.3 is 10.5 Å². The number of phenolic OH excluding ortho intramolecular Hbond substituents is 1. The first-order valence-corrected chi connectivity index (χ1v) is 7.69. The number of phenols is 1. The maximum atomic E-state index is 11.9. The van der Waals surface area contributed by atoms with Crippen molar-refractivity contribution in [1.82, 2.24) is 0 Å². The fourth-order valence-corrected chi connectivity index (χ4v) is 2.70. The first kappa shape index (κ1) is 17.1. The lowest BCUT2D eigenvalue weighted by Gasteiger charge is -1.98. The van der Waals surface area contributed by atoms with Crippen molar-refractivity contribution in [2.45, 2.75) is 0 Å². The third kappa shape index (κ3) is 3.24. The van der Waals surface area contributed by atoms with Crippen LogP contribution in [0.5, 0.6) is 5.75 Å². The van der Waals surface area contributed by atoms with Gasteiger partial charge in [-0.2, -0.15) is 0 Å². The number of nitrogens with one attached hydrogen (secondary N) is 1. The minimum atomic E-state index is -0.458. The number of benzene rings is 3. The number of nitrogens with two attached hydrogens (primary N) is 1. The van der Waals surface area contributed by atoms with Crippen LogP contribution >= 0.6 is 0 Å². The Hall–Kier alpha value is -3.71. The zero-order valence-electron chi connectivity index (χ0n) is 13.5. The fourth-order valence-electron chi connectivity index (χ4n) is 2.70. The molecule has 3 aromatic carbocycles. The molecule has 4 rings (SSSR count). The maximum absolute atomic E-state index is 11.9. The first-order valence-electron chi connectivity index (χ1n) is 7.69. The lowest BCUT2D eigenvalue weighted by molar-refractivity contribution is -0.384. The highest BCUT2D eigenvalue weighted by atomic mass is 16.6. The smallest absolute Gasteiger partial charge is 0.269 e. The average molecular weight is 349 g/mol. The maximum Gasteiger partial charge on any atom is 0.269 e. The number of anilines is 1. The van der Waals surface area contributed by atoms with Gasteiger partial charge in [-0.05, 0) is 41.5 Å². The zero-order chi connectivity index (χ0) is 18.7. The SMILES string of the molecule is NNc1ccc([N+](=O)[O-])cc1.O=C1c2ccccc2-c2ccc(O)cc21. The summed E-state index contributed by atoms with van der Waals surface area (Å²) in [6.45, 7) is 0. The number of hydrazine groups is 1. The van der Waals surface area contributed by atoms with Crippen LogP contribution in [0.15, 0.2) is 66.7 Å². The highest BCUT2D eigenvalue weighted by molar-refractivity contribution is 6.21. The van der Waals surface area contributed by atoms with Gasteiger partial charge in [0.1, 0.15) is 5.75 Å². The van der Waals surface area contributed by atoms with E-state index < -0.39 is 4.92 Å². The Kier molecular flexibility index (Phi) is 4.64. The molecule has 0 unspecified atom stereocenters. The minimum Gasteiger partial charge on any atom is -0.508 e. The summed E-state index contributed by atoms with van der Waals surface area (Å²) in [5.74, 6) is 5.19. The summed E-state index contributed by atoms with van der Waals surface area (Å²) in [7, 11) is 0. The molecule has 0 heterocycles. The van der Waals surface area contributed by atoms with Crippen molar-refractivity contribution in [3.05, 3.63) is 88.0 Å². The summed E-state index contributed by atoms with van der Waals surface area (Å²) in [5, 5.41) is 19.5. The molecule has 3 aromatic rings. The van der Waals surface area contributed by atoms with Gasteiger partial charge in [0, 0.05) is 28.9 Å². The molecule has 1 aliphatic carbocycles. The number of ketones is 1. The molecule has 130 valence electrons. The van der Waals surface area contributed by atoms with E-state index in [1.807, 2.05) is 24.3 Å². The lowest BCUT2D eigenvalue weighted by atomic mass is 10.1. The molecule has 0 radical (unpaired) electrons. The van der Waals surface area contributed by atoms with Gasteiger partial charge >= 0.3 is 0 Å². The van der Waals surface area contributed by atoms with Crippen LogP contribution < -0.4 is 11.3 Å². The Morgan fingerprint density at radius 3 is 2.12 bits per heavy atom. The van der Waals surface area contributed by atoms with Gasteiger partial charge in [0.15, 0.2) is 5.78 Å². The Balaban J connectivity index is 0.000000160. The van der Waals surface area contributed by atoms with Crippen LogP contribution in [-0.2, 0) is 0 Å². The van der Waals surface area contributed by atoms with Crippen molar-refractivity contribution in [3.8, 4) is 16.9 Å². The average Bonchev–Trinajstić information content (AvgIpc) is 2.94. The van der Waals surface area contributed by atoms with Crippen LogP contribution in [0, 0.1) is 10.1 Å². The third-order valence-electron chi connectivity index (χ3n) is 3.95. The Morgan fingerprint density at radius 2 is 1.50 bits per heavy atom. The van der Waals surface area contributed by atoms with E-state index in [9.17, 15) is 20.0 Å². The van der Waals surface area contributed by atoms with E-state index in [-0.39, 0.29) is 17.2 Å². The highest BCUT2D eigenvalue weighted by Crippen LogP contribution is 2.37. The summed E-state index contributed by atoms with van der Waals surface area (Å²) in [6.07, 6.45) is 0. The number of hydrogen-bond donors (Lipinski definition) is 3. The van der Waals surface area contributed by atoms with E-state index in [4.69, 9.17) is 5.84 Å². The van der Waals surface area contributed by atoms with Crippen molar-refractivity contribution in [2.75, 3.05) is 5.43 Å². The van der Waals surface area contributed by atoms with E-state index in [0.717, 1.165) is 16.7 Å². The summed E-state index contributed by atoms with van der Waals surface area (Å²) in [5.41, 5.74) is 6.26. The molecule has 0 amide bonds. The van der Waals surface area contributed by atoms with Gasteiger partial charge in [-0.3, -0.25) is 20.8 Å². The largest absolute Gasteiger partial charge is 0.508 e. The second kappa shape index (κ2) is 7.04. The fraction of sp³-hybridized carbons (Fsp3) is 0. The number of fused-ring (bicyclic) bond motifs is 3. The van der Waals surface area contributed by atoms with Crippen LogP contribution in [0.3, 0.4) is 0 Å². The number of aromatic hydroxyl groups is 1. The van der Waals surface area contributed by atoms with Crippen molar-refractivity contribution in [2.24, 2.45) is 5.84 Å². The van der Waals surface area contributed by atoms with Crippen molar-refractivity contribution < 1.29 is 14.8 Å². The number of carbonyl (C=O) groups is 1. The Bertz CT molecular complexity index is 984. The molecule has 4 N–H and O–H groups in total. The summed E-state index contributed by atoms with van der Waals surface area (Å²) < 4.78 is 0. The number of hydrogen-bond acceptors (Lipinski definition) is 6. The van der Waals surface area contributed by atoms with Gasteiger partial charge in [0.05, 0.1) is 4.92 Å². The molecule has 0 bridgehead atoms. The van der Waals surface area contributed by atoms with Crippen LogP contribution in [0.25, 0.3) is 11.1 Å². The second-order valence-corrected chi connectivity index (χ2v) is 5.55. The van der Waals surface area contributed by atoms with E-state index >= 15 is 0 Å². The predicted octanol–water partition coefficient (Wildman–Crippen LogP) is 3.48. The molecule has 7 heteroatoms. The molecule has 0 aromatic heterocycles. The Labute approximate surface area is 148 Å². The molecule has 0 saturated carbocycles. The highest BCUT2D eigenvalue weighted by Gasteiger charge is 2.25. The molecule has 0 atom stereocenters. The number of nitrogens with zero attached hydrogens (tertiary/aromatic N) is 1. The van der Waals surface area contributed by atoms with E-state index in [1.54, 1.807) is 12.1 Å². The number of non-ortho nitro benzene ring substituents is 1. The molecule has 0 fully saturated rings. The standard InChI is InChI=1S/C13H8O2.C6H7N3O2/c14-8-5-6-10-9-3-1-2-4-11(9)13(15)12(10)7-8;7-8-5-1-3-6(4-2-5)9(10)11/h1-7,14H;1-4,8H,7H2. The molecule has 7 nitrogen and oxygen atoms in total. The van der Waals surface area contributed by atoms with Crippen LogP contribution in [0.1, 0.15) is 15.9 Å². The second-order valence-electron chi connectivity index (χ2n) is 5.55. The molecule has 0 aliphatic heterocycles. The topological polar surface area (TPSA) is 118 Å². The summed E-state index contributed by atoms with van der Waals surface area (Å²) >= 11 is 0. The number of nitro groups is 1. The third-order valence-corrected chi connectivity index (χ3v) is 3.95. The molecule has 0 saturated heterocycles. The molecular formula is C19H15N3O4. The lowest BCUT2D eigenvalue weighted by Crippen LogP contribution is -2.06. The van der Waals surface area contributed by atoms with E-state index in [1.165, 1.54) is 30.3 Å². The molecule has 26 heavy (non-hydrogen) atoms. The monoisotopic (exact) mass is 349 g/mol. The molecule has 1 aliphatic rings. The van der Waals surface area contributed by atoms with Gasteiger partial charge in [0.25, 0.3) is 5.69 Å². The van der Waals surface area contributed by atoms with Crippen molar-refractivity contribution in [3.63, 3.8) is 0 Å². The van der Waals surface area contributed by atoms with Crippen LogP contribution in [0.4, 0.5) is 11.4 Å². The summed E-state index contributed by atoms with van der Waals surface area (Å²) in [6, 6.07) is 18.3. The van der Waals surface area contributed by atoms with Gasteiger partial charge in [-0.15, -0.1) is 0 Å². The van der Waals surface area contributed by atoms with Crippen LogP contribution in [-0.4, -0.2) is 15.8 Å². The molecular weight excluding hydrogens is 334 g/mol. The number of carbonyl (C=O) groups excluding carboxylic acids is 1. The van der Waals surface area contributed by atoms with E-state index in [0.29, 0.717) is 11.3 Å². The first-order chi connectivity index (χ1) is 12.5. The number of nitrogen functional groups attached to an aromatic ring is 1. The quantitative estimate of drug-likeness (QED) is 0.290. The Morgan fingerprint density at radius 1 is 0.885 bits per heavy atom. The number of rotatable bonds is 2. The normalized spacial score (nSPS) is 11.0. The minimum absolute atomic E-state index is 0.00324. The van der Waals surface area contributed by atoms with Gasteiger partial charge in [-0.1, -0.05) is 24.3 Å². The van der Waals surface area contributed by atoms with Crippen molar-refractivity contribution >= 4 is 17.2 Å². The van der Waals surface area contributed by atoms with Gasteiger partial charge in [0.2, 0.25) is 0 Å². The zero-order valence-corrected chi connectivity index (χ0v) is 13.5. The van der Waals surface area contributed by atoms with E-state index in [2.05, 4.69) is 5.43 Å². The van der Waals surface area contributed by atoms with Gasteiger partial charge in [-0.25, -0.2) is 0 Å². The van der Waals surface area contributed by atoms with Crippen molar-refractivity contribution in [1.29, 1.82) is 0 Å².